The van der Waals surface area contributed by atoms with Crippen LogP contribution in [-0.2, 0) is 9.63 Å². The number of aldehydes is 1. The highest BCUT2D eigenvalue weighted by molar-refractivity contribution is 6.35. The number of nitrogens with zero attached hydrogens (tertiary/aromatic N) is 2. The molecular formula is C6H8N2O2. The van der Waals surface area contributed by atoms with Crippen LogP contribution in [0.5, 0.6) is 0 Å². The van der Waals surface area contributed by atoms with Gasteiger partial charge in [0.2, 0.25) is 5.71 Å². The van der Waals surface area contributed by atoms with E-state index in [1.165, 1.54) is 0 Å². The van der Waals surface area contributed by atoms with Gasteiger partial charge in [0.05, 0.1) is 0 Å². The third-order valence-electron chi connectivity index (χ3n) is 0.588. The van der Waals surface area contributed by atoms with Crippen molar-refractivity contribution in [1.29, 1.82) is 5.26 Å². The predicted molar refractivity (Wildman–Crippen MR) is 35.3 cm³/mol. The second-order valence-electron chi connectivity index (χ2n) is 1.86. The smallest absolute Gasteiger partial charge is 0.219 e. The fourth-order valence-electron chi connectivity index (χ4n) is 0.230. The Hall–Kier alpha value is -1.37. The van der Waals surface area contributed by atoms with Crippen LogP contribution in [0, 0.1) is 11.3 Å². The summed E-state index contributed by atoms with van der Waals surface area (Å²) < 4.78 is 0. The van der Waals surface area contributed by atoms with Crippen LogP contribution in [0.4, 0.5) is 0 Å². The Kier molecular flexibility index (Phi) is 3.89. The average molecular weight is 140 g/mol. The Morgan fingerprint density at radius 1 is 1.80 bits per heavy atom. The SMILES string of the molecule is CC(C)O/N=C(\C#N)C=O. The van der Waals surface area contributed by atoms with Crippen LogP contribution in [0.3, 0.4) is 0 Å². The Labute approximate surface area is 59.1 Å². The summed E-state index contributed by atoms with van der Waals surface area (Å²) >= 11 is 0. The first-order valence-corrected chi connectivity index (χ1v) is 2.79. The molecule has 0 spiro atoms. The van der Waals surface area contributed by atoms with Gasteiger partial charge in [-0.2, -0.15) is 5.26 Å². The molecule has 0 saturated carbocycles. The van der Waals surface area contributed by atoms with Crippen LogP contribution < -0.4 is 0 Å². The van der Waals surface area contributed by atoms with Crippen molar-refractivity contribution < 1.29 is 9.63 Å². The van der Waals surface area contributed by atoms with Crippen molar-refractivity contribution in [2.24, 2.45) is 5.16 Å². The normalized spacial score (nSPS) is 10.8. The molecule has 54 valence electrons. The average Bonchev–Trinajstić information content (AvgIpc) is 1.90. The second-order valence-corrected chi connectivity index (χ2v) is 1.86. The van der Waals surface area contributed by atoms with Gasteiger partial charge in [0.1, 0.15) is 12.2 Å². The minimum atomic E-state index is -0.242. The Morgan fingerprint density at radius 3 is 2.70 bits per heavy atom. The van der Waals surface area contributed by atoms with Gasteiger partial charge in [0, 0.05) is 0 Å². The van der Waals surface area contributed by atoms with E-state index in [2.05, 4.69) is 9.99 Å². The first-order chi connectivity index (χ1) is 4.70. The quantitative estimate of drug-likeness (QED) is 0.325. The Morgan fingerprint density at radius 2 is 2.40 bits per heavy atom. The van der Waals surface area contributed by atoms with E-state index in [0.717, 1.165) is 0 Å². The van der Waals surface area contributed by atoms with E-state index in [0.29, 0.717) is 6.29 Å². The van der Waals surface area contributed by atoms with Gasteiger partial charge in [-0.15, -0.1) is 0 Å². The summed E-state index contributed by atoms with van der Waals surface area (Å²) in [7, 11) is 0. The molecule has 0 N–H and O–H groups in total. The van der Waals surface area contributed by atoms with Crippen molar-refractivity contribution in [2.75, 3.05) is 0 Å². The van der Waals surface area contributed by atoms with Gasteiger partial charge in [-0.25, -0.2) is 0 Å². The molecule has 0 heterocycles. The molecule has 4 heteroatoms. The van der Waals surface area contributed by atoms with E-state index >= 15 is 0 Å². The van der Waals surface area contributed by atoms with Gasteiger partial charge in [-0.05, 0) is 13.8 Å². The summed E-state index contributed by atoms with van der Waals surface area (Å²) in [5.41, 5.74) is -0.242. The van der Waals surface area contributed by atoms with Gasteiger partial charge >= 0.3 is 0 Å². The molecule has 0 aliphatic carbocycles. The van der Waals surface area contributed by atoms with Gasteiger partial charge < -0.3 is 4.84 Å². The number of hydrogen-bond donors (Lipinski definition) is 0. The maximum Gasteiger partial charge on any atom is 0.219 e. The summed E-state index contributed by atoms with van der Waals surface area (Å²) in [4.78, 5) is 14.5. The summed E-state index contributed by atoms with van der Waals surface area (Å²) in [5, 5.41) is 11.4. The fraction of sp³-hybridized carbons (Fsp3) is 0.500. The molecular weight excluding hydrogens is 132 g/mol. The van der Waals surface area contributed by atoms with E-state index in [1.54, 1.807) is 19.9 Å². The third kappa shape index (κ3) is 3.61. The standard InChI is InChI=1S/C6H8N2O2/c1-5(2)10-8-6(3-7)4-9/h4-5H,1-2H3/b8-6+. The van der Waals surface area contributed by atoms with Crippen molar-refractivity contribution in [3.05, 3.63) is 0 Å². The van der Waals surface area contributed by atoms with Crippen LogP contribution in [0.1, 0.15) is 13.8 Å². The van der Waals surface area contributed by atoms with E-state index in [4.69, 9.17) is 5.26 Å². The molecule has 0 aromatic heterocycles. The highest BCUT2D eigenvalue weighted by Crippen LogP contribution is 1.87. The van der Waals surface area contributed by atoms with E-state index in [1.807, 2.05) is 0 Å². The van der Waals surface area contributed by atoms with Crippen LogP contribution in [0.25, 0.3) is 0 Å². The molecule has 0 rings (SSSR count). The van der Waals surface area contributed by atoms with Crippen LogP contribution in [0.2, 0.25) is 0 Å². The number of hydrogen-bond acceptors (Lipinski definition) is 4. The minimum Gasteiger partial charge on any atom is -0.392 e. The maximum atomic E-state index is 9.92. The molecule has 10 heavy (non-hydrogen) atoms. The first kappa shape index (κ1) is 8.63. The van der Waals surface area contributed by atoms with Crippen molar-refractivity contribution in [2.45, 2.75) is 20.0 Å². The van der Waals surface area contributed by atoms with Crippen molar-refractivity contribution in [1.82, 2.24) is 0 Å². The molecule has 0 amide bonds. The van der Waals surface area contributed by atoms with Crippen molar-refractivity contribution in [3.63, 3.8) is 0 Å². The van der Waals surface area contributed by atoms with Gasteiger partial charge in [-0.3, -0.25) is 4.79 Å². The van der Waals surface area contributed by atoms with Crippen molar-refractivity contribution >= 4 is 12.0 Å². The highest BCUT2D eigenvalue weighted by Gasteiger charge is 1.94. The lowest BCUT2D eigenvalue weighted by Crippen LogP contribution is -2.01. The van der Waals surface area contributed by atoms with Crippen LogP contribution >= 0.6 is 0 Å². The summed E-state index contributed by atoms with van der Waals surface area (Å²) in [6.07, 6.45) is 0.242. The van der Waals surface area contributed by atoms with E-state index < -0.39 is 0 Å². The zero-order chi connectivity index (χ0) is 7.98. The molecule has 0 aliphatic rings. The lowest BCUT2D eigenvalue weighted by molar-refractivity contribution is -0.102. The largest absolute Gasteiger partial charge is 0.392 e. The Balaban J connectivity index is 3.90. The summed E-state index contributed by atoms with van der Waals surface area (Å²) in [6, 6.07) is 1.56. The molecule has 4 nitrogen and oxygen atoms in total. The Bertz CT molecular complexity index is 179. The maximum absolute atomic E-state index is 9.92. The fourth-order valence-corrected chi connectivity index (χ4v) is 0.230. The summed E-state index contributed by atoms with van der Waals surface area (Å²) in [5.74, 6) is 0. The van der Waals surface area contributed by atoms with E-state index in [9.17, 15) is 4.79 Å². The zero-order valence-electron chi connectivity index (χ0n) is 5.87. The topological polar surface area (TPSA) is 62.4 Å². The molecule has 0 unspecified atom stereocenters. The number of carbonyl (C=O) groups excluding carboxylic acids is 1. The monoisotopic (exact) mass is 140 g/mol. The third-order valence-corrected chi connectivity index (χ3v) is 0.588. The van der Waals surface area contributed by atoms with Crippen molar-refractivity contribution in [3.8, 4) is 6.07 Å². The molecule has 0 saturated heterocycles. The van der Waals surface area contributed by atoms with Crippen LogP contribution in [0.15, 0.2) is 5.16 Å². The zero-order valence-corrected chi connectivity index (χ0v) is 5.87. The predicted octanol–water partition coefficient (Wildman–Crippen LogP) is 0.490. The molecule has 0 aromatic carbocycles. The van der Waals surface area contributed by atoms with Gasteiger partial charge in [0.25, 0.3) is 0 Å². The molecule has 0 fully saturated rings. The number of oxime groups is 1. The number of rotatable bonds is 3. The minimum absolute atomic E-state index is 0.108. The summed E-state index contributed by atoms with van der Waals surface area (Å²) in [6.45, 7) is 3.51. The molecule has 0 aliphatic heterocycles. The first-order valence-electron chi connectivity index (χ1n) is 2.79. The van der Waals surface area contributed by atoms with Crippen LogP contribution in [-0.4, -0.2) is 18.1 Å². The highest BCUT2D eigenvalue weighted by atomic mass is 16.6. The lowest BCUT2D eigenvalue weighted by atomic mass is 10.5. The van der Waals surface area contributed by atoms with Gasteiger partial charge in [-0.1, -0.05) is 5.16 Å². The molecule has 0 atom stereocenters. The molecule has 0 aromatic rings. The van der Waals surface area contributed by atoms with E-state index in [-0.39, 0.29) is 11.8 Å². The number of carbonyl (C=O) groups is 1. The number of nitriles is 1. The van der Waals surface area contributed by atoms with Gasteiger partial charge in [0.15, 0.2) is 6.29 Å². The second kappa shape index (κ2) is 4.50. The molecule has 0 radical (unpaired) electrons. The molecule has 0 bridgehead atoms. The lowest BCUT2D eigenvalue weighted by Gasteiger charge is -1.99.